The van der Waals surface area contributed by atoms with Crippen LogP contribution in [0.25, 0.3) is 0 Å². The minimum absolute atomic E-state index is 0.111. The van der Waals surface area contributed by atoms with Gasteiger partial charge in [-0.05, 0) is 163 Å². The number of hydrogen-bond acceptors (Lipinski definition) is 12. The lowest BCUT2D eigenvalue weighted by atomic mass is 9.82. The fourth-order valence-corrected chi connectivity index (χ4v) is 10.2. The highest BCUT2D eigenvalue weighted by atomic mass is 16.5. The van der Waals surface area contributed by atoms with Gasteiger partial charge in [-0.25, -0.2) is 0 Å². The smallest absolute Gasteiger partial charge is 0.309 e. The van der Waals surface area contributed by atoms with E-state index in [1.165, 1.54) is 28.4 Å². The first-order valence-electron chi connectivity index (χ1n) is 26.6. The van der Waals surface area contributed by atoms with Crippen LogP contribution in [0.2, 0.25) is 0 Å². The molecular weight excluding hydrogens is 1010 g/mol. The molecule has 0 heterocycles. The van der Waals surface area contributed by atoms with Crippen LogP contribution in [0.15, 0.2) is 170 Å². The molecule has 0 N–H and O–H groups in total. The Hall–Kier alpha value is -9.16. The summed E-state index contributed by atoms with van der Waals surface area (Å²) >= 11 is 0. The molecule has 0 saturated carbocycles. The van der Waals surface area contributed by atoms with E-state index in [4.69, 9.17) is 37.9 Å². The van der Waals surface area contributed by atoms with Crippen molar-refractivity contribution in [1.82, 2.24) is 0 Å². The van der Waals surface area contributed by atoms with Crippen molar-refractivity contribution in [2.75, 3.05) is 28.4 Å². The highest BCUT2D eigenvalue weighted by Crippen LogP contribution is 2.38. The van der Waals surface area contributed by atoms with E-state index in [1.54, 1.807) is 0 Å². The molecule has 408 valence electrons. The van der Waals surface area contributed by atoms with E-state index in [0.29, 0.717) is 45.3 Å². The second kappa shape index (κ2) is 26.9. The summed E-state index contributed by atoms with van der Waals surface area (Å²) in [6, 6.07) is 54.9. The zero-order chi connectivity index (χ0) is 55.8. The lowest BCUT2D eigenvalue weighted by molar-refractivity contribution is -0.140. The van der Waals surface area contributed by atoms with Gasteiger partial charge in [-0.3, -0.25) is 19.2 Å². The summed E-state index contributed by atoms with van der Waals surface area (Å²) < 4.78 is 48.3. The molecule has 1 aliphatic rings. The largest absolute Gasteiger partial charge is 0.489 e. The Bertz CT molecular complexity index is 2900. The van der Waals surface area contributed by atoms with Gasteiger partial charge in [0.1, 0.15) is 49.4 Å². The standard InChI is InChI=1S/C68H64O12/c1-73-65(69)37-61-49-25-51-31-58(78-42-46-19-11-6-12-20-46)33-53(62(51)38-66(70)74-2)27-55-35-60(80-44-48-23-15-8-16-24-48)36-56(64(55)40-68(72)76-4)28-54-34-59(79-43-47-21-13-7-14-22-47)32-52(63(54)39-67(71)75-3)26-50(61)30-57(29-49)77-41-45-17-9-5-10-18-45/h5-24,29-36H,25-28,37-44H2,1-4H3. The molecule has 12 nitrogen and oxygen atoms in total. The van der Waals surface area contributed by atoms with Crippen molar-refractivity contribution in [2.24, 2.45) is 0 Å². The first-order chi connectivity index (χ1) is 39.0. The zero-order valence-electron chi connectivity index (χ0n) is 45.6. The van der Waals surface area contributed by atoms with Crippen LogP contribution in [0.1, 0.15) is 89.0 Å². The summed E-state index contributed by atoms with van der Waals surface area (Å²) in [7, 11) is 5.45. The Labute approximate surface area is 467 Å². The second-order valence-corrected chi connectivity index (χ2v) is 19.7. The highest BCUT2D eigenvalue weighted by Gasteiger charge is 2.27. The van der Waals surface area contributed by atoms with E-state index in [0.717, 1.165) is 66.8 Å². The Kier molecular flexibility index (Phi) is 18.7. The summed E-state index contributed by atoms with van der Waals surface area (Å²) in [4.78, 5) is 55.2. The van der Waals surface area contributed by atoms with Crippen LogP contribution in [0, 0.1) is 0 Å². The van der Waals surface area contributed by atoms with Crippen molar-refractivity contribution in [2.45, 2.75) is 77.8 Å². The molecule has 0 saturated heterocycles. The summed E-state index contributed by atoms with van der Waals surface area (Å²) in [5, 5.41) is 0. The van der Waals surface area contributed by atoms with Crippen LogP contribution in [0.3, 0.4) is 0 Å². The van der Waals surface area contributed by atoms with E-state index in [9.17, 15) is 19.2 Å². The quantitative estimate of drug-likeness (QED) is 0.0530. The lowest BCUT2D eigenvalue weighted by Crippen LogP contribution is -2.17. The van der Waals surface area contributed by atoms with Gasteiger partial charge in [0.15, 0.2) is 0 Å². The number of hydrogen-bond donors (Lipinski definition) is 0. The van der Waals surface area contributed by atoms with Crippen LogP contribution in [-0.4, -0.2) is 52.3 Å². The van der Waals surface area contributed by atoms with Gasteiger partial charge in [0.2, 0.25) is 0 Å². The van der Waals surface area contributed by atoms with Gasteiger partial charge in [-0.15, -0.1) is 0 Å². The summed E-state index contributed by atoms with van der Waals surface area (Å²) in [5.74, 6) is 0.293. The molecule has 0 fully saturated rings. The molecule has 9 rings (SSSR count). The molecule has 80 heavy (non-hydrogen) atoms. The highest BCUT2D eigenvalue weighted by molar-refractivity contribution is 5.77. The Morgan fingerprint density at radius 1 is 0.287 bits per heavy atom. The van der Waals surface area contributed by atoms with Gasteiger partial charge >= 0.3 is 23.9 Å². The van der Waals surface area contributed by atoms with Crippen molar-refractivity contribution < 1.29 is 57.1 Å². The fourth-order valence-electron chi connectivity index (χ4n) is 10.2. The maximum absolute atomic E-state index is 13.8. The van der Waals surface area contributed by atoms with Crippen LogP contribution < -0.4 is 18.9 Å². The van der Waals surface area contributed by atoms with Crippen molar-refractivity contribution in [3.8, 4) is 23.0 Å². The molecule has 0 aromatic heterocycles. The molecule has 1 aliphatic carbocycles. The number of ether oxygens (including phenoxy) is 8. The predicted octanol–water partition coefficient (Wildman–Crippen LogP) is 11.5. The predicted molar refractivity (Wildman–Crippen MR) is 303 cm³/mol. The number of methoxy groups -OCH3 is 4. The second-order valence-electron chi connectivity index (χ2n) is 19.7. The zero-order valence-corrected chi connectivity index (χ0v) is 45.6. The molecule has 12 heteroatoms. The molecule has 0 amide bonds. The first kappa shape index (κ1) is 55.6. The number of rotatable bonds is 20. The fraction of sp³-hybridized carbons (Fsp3) is 0.235. The van der Waals surface area contributed by atoms with Gasteiger partial charge in [0, 0.05) is 0 Å². The third-order valence-electron chi connectivity index (χ3n) is 14.3. The molecule has 0 aliphatic heterocycles. The molecule has 0 spiro atoms. The van der Waals surface area contributed by atoms with E-state index in [1.807, 2.05) is 170 Å². The average molecular weight is 1070 g/mol. The van der Waals surface area contributed by atoms with E-state index in [-0.39, 0.29) is 77.8 Å². The SMILES string of the molecule is COC(=O)Cc1c2cc(OCc3ccccc3)cc1Cc1cc(OCc3ccccc3)cc(c1CC(=O)OC)Cc1cc(OCc3ccccc3)cc(c1CC(=O)OC)Cc1cc(OCc3ccccc3)cc(c1CC(=O)OC)C2. The van der Waals surface area contributed by atoms with Gasteiger partial charge < -0.3 is 37.9 Å². The van der Waals surface area contributed by atoms with E-state index >= 15 is 0 Å². The minimum atomic E-state index is -0.465. The van der Waals surface area contributed by atoms with Crippen LogP contribution in [0.4, 0.5) is 0 Å². The van der Waals surface area contributed by atoms with Crippen molar-refractivity contribution in [3.05, 3.63) is 259 Å². The molecule has 8 bridgehead atoms. The molecular formula is C68H64O12. The van der Waals surface area contributed by atoms with Gasteiger partial charge in [-0.2, -0.15) is 0 Å². The molecule has 0 radical (unpaired) electrons. The van der Waals surface area contributed by atoms with Crippen molar-refractivity contribution >= 4 is 23.9 Å². The van der Waals surface area contributed by atoms with Gasteiger partial charge in [-0.1, -0.05) is 121 Å². The summed E-state index contributed by atoms with van der Waals surface area (Å²) in [6.45, 7) is 0.999. The Balaban J connectivity index is 1.34. The van der Waals surface area contributed by atoms with Crippen LogP contribution in [-0.2, 0) is 116 Å². The summed E-state index contributed by atoms with van der Waals surface area (Å²) in [5.41, 5.74) is 12.4. The minimum Gasteiger partial charge on any atom is -0.489 e. The topological polar surface area (TPSA) is 142 Å². The summed E-state index contributed by atoms with van der Waals surface area (Å²) in [6.07, 6.45) is 0.353. The van der Waals surface area contributed by atoms with Gasteiger partial charge in [0.05, 0.1) is 54.1 Å². The average Bonchev–Trinajstić information content (AvgIpc) is 3.55. The number of carbonyl (C=O) groups excluding carboxylic acids is 4. The maximum atomic E-state index is 13.8. The molecule has 0 unspecified atom stereocenters. The molecule has 8 aromatic rings. The lowest BCUT2D eigenvalue weighted by Gasteiger charge is -2.24. The normalized spacial score (nSPS) is 11.7. The number of benzene rings is 8. The third kappa shape index (κ3) is 14.7. The maximum Gasteiger partial charge on any atom is 0.309 e. The van der Waals surface area contributed by atoms with Gasteiger partial charge in [0.25, 0.3) is 0 Å². The van der Waals surface area contributed by atoms with Crippen molar-refractivity contribution in [3.63, 3.8) is 0 Å². The molecule has 0 atom stereocenters. The monoisotopic (exact) mass is 1070 g/mol. The number of esters is 4. The number of carbonyl (C=O) groups is 4. The van der Waals surface area contributed by atoms with Crippen LogP contribution >= 0.6 is 0 Å². The number of fused-ring (bicyclic) bond motifs is 8. The van der Waals surface area contributed by atoms with Crippen LogP contribution in [0.5, 0.6) is 23.0 Å². The van der Waals surface area contributed by atoms with E-state index < -0.39 is 23.9 Å². The first-order valence-corrected chi connectivity index (χ1v) is 26.6. The molecule has 8 aromatic carbocycles. The van der Waals surface area contributed by atoms with E-state index in [2.05, 4.69) is 0 Å². The van der Waals surface area contributed by atoms with Crippen molar-refractivity contribution in [1.29, 1.82) is 0 Å². The third-order valence-corrected chi connectivity index (χ3v) is 14.3. The Morgan fingerprint density at radius 3 is 0.625 bits per heavy atom. The Morgan fingerprint density at radius 2 is 0.463 bits per heavy atom.